The molecule has 0 spiro atoms. The number of aromatic nitrogens is 2. The summed E-state index contributed by atoms with van der Waals surface area (Å²) in [6, 6.07) is 2.45. The zero-order valence-electron chi connectivity index (χ0n) is 11.4. The van der Waals surface area contributed by atoms with Crippen LogP contribution in [0.25, 0.3) is 0 Å². The van der Waals surface area contributed by atoms with Gasteiger partial charge in [0.05, 0.1) is 0 Å². The molecule has 0 fully saturated rings. The summed E-state index contributed by atoms with van der Waals surface area (Å²) in [5.41, 5.74) is 0. The normalized spacial score (nSPS) is 12.9. The molecule has 0 bridgehead atoms. The molecule has 96 valence electrons. The number of hydrogen-bond acceptors (Lipinski definition) is 3. The molecule has 1 heterocycles. The van der Waals surface area contributed by atoms with Gasteiger partial charge in [-0.25, -0.2) is 9.97 Å². The van der Waals surface area contributed by atoms with Crippen LogP contribution in [0.2, 0.25) is 0 Å². The van der Waals surface area contributed by atoms with Gasteiger partial charge < -0.3 is 4.90 Å². The summed E-state index contributed by atoms with van der Waals surface area (Å²) in [6.45, 7) is 8.82. The SMILES string of the molecule is CCCc1nc(Br)cc(N(C)C(C)C(C)C)n1. The highest BCUT2D eigenvalue weighted by Gasteiger charge is 2.16. The second kappa shape index (κ2) is 6.34. The summed E-state index contributed by atoms with van der Waals surface area (Å²) >= 11 is 3.46. The number of aryl methyl sites for hydroxylation is 1. The van der Waals surface area contributed by atoms with E-state index in [9.17, 15) is 0 Å². The predicted octanol–water partition coefficient (Wildman–Crippen LogP) is 3.67. The van der Waals surface area contributed by atoms with E-state index in [-0.39, 0.29) is 0 Å². The lowest BCUT2D eigenvalue weighted by Gasteiger charge is -2.29. The van der Waals surface area contributed by atoms with E-state index in [1.165, 1.54) is 0 Å². The monoisotopic (exact) mass is 299 g/mol. The van der Waals surface area contributed by atoms with Crippen LogP contribution in [0, 0.1) is 5.92 Å². The average molecular weight is 300 g/mol. The Morgan fingerprint density at radius 1 is 1.29 bits per heavy atom. The molecule has 0 aliphatic carbocycles. The minimum absolute atomic E-state index is 0.464. The Morgan fingerprint density at radius 3 is 2.47 bits per heavy atom. The molecule has 1 atom stereocenters. The molecule has 0 amide bonds. The van der Waals surface area contributed by atoms with E-state index in [0.717, 1.165) is 29.1 Å². The highest BCUT2D eigenvalue weighted by Crippen LogP contribution is 2.20. The van der Waals surface area contributed by atoms with Crippen LogP contribution in [0.5, 0.6) is 0 Å². The lowest BCUT2D eigenvalue weighted by atomic mass is 10.1. The van der Waals surface area contributed by atoms with Gasteiger partial charge in [0.15, 0.2) is 0 Å². The van der Waals surface area contributed by atoms with Gasteiger partial charge in [0.2, 0.25) is 0 Å². The van der Waals surface area contributed by atoms with Crippen LogP contribution in [0.4, 0.5) is 5.82 Å². The van der Waals surface area contributed by atoms with Crippen LogP contribution in [-0.4, -0.2) is 23.1 Å². The van der Waals surface area contributed by atoms with Gasteiger partial charge in [0.25, 0.3) is 0 Å². The van der Waals surface area contributed by atoms with Gasteiger partial charge in [-0.1, -0.05) is 20.8 Å². The lowest BCUT2D eigenvalue weighted by molar-refractivity contribution is 0.502. The fourth-order valence-corrected chi connectivity index (χ4v) is 2.03. The molecular weight excluding hydrogens is 278 g/mol. The van der Waals surface area contributed by atoms with Crippen molar-refractivity contribution in [3.8, 4) is 0 Å². The number of halogens is 1. The summed E-state index contributed by atoms with van der Waals surface area (Å²) in [7, 11) is 2.09. The first-order valence-electron chi connectivity index (χ1n) is 6.22. The third-order valence-corrected chi connectivity index (χ3v) is 3.54. The van der Waals surface area contributed by atoms with E-state index in [2.05, 4.69) is 65.5 Å². The quantitative estimate of drug-likeness (QED) is 0.777. The summed E-state index contributed by atoms with van der Waals surface area (Å²) in [6.07, 6.45) is 2.00. The van der Waals surface area contributed by atoms with E-state index >= 15 is 0 Å². The smallest absolute Gasteiger partial charge is 0.133 e. The molecule has 0 saturated heterocycles. The van der Waals surface area contributed by atoms with Gasteiger partial charge in [-0.2, -0.15) is 0 Å². The molecule has 0 aliphatic rings. The highest BCUT2D eigenvalue weighted by molar-refractivity contribution is 9.10. The van der Waals surface area contributed by atoms with Gasteiger partial charge >= 0.3 is 0 Å². The van der Waals surface area contributed by atoms with E-state index in [0.29, 0.717) is 12.0 Å². The summed E-state index contributed by atoms with van der Waals surface area (Å²) in [5.74, 6) is 2.51. The van der Waals surface area contributed by atoms with Crippen molar-refractivity contribution < 1.29 is 0 Å². The van der Waals surface area contributed by atoms with E-state index in [1.807, 2.05) is 6.07 Å². The van der Waals surface area contributed by atoms with E-state index in [1.54, 1.807) is 0 Å². The Labute approximate surface area is 113 Å². The summed E-state index contributed by atoms with van der Waals surface area (Å²) < 4.78 is 0.869. The Kier molecular flexibility index (Phi) is 5.37. The van der Waals surface area contributed by atoms with Gasteiger partial charge in [-0.15, -0.1) is 0 Å². The standard InChI is InChI=1S/C13H22BrN3/c1-6-7-12-15-11(14)8-13(16-12)17(5)10(4)9(2)3/h8-10H,6-7H2,1-5H3. The molecule has 4 heteroatoms. The molecule has 3 nitrogen and oxygen atoms in total. The number of anilines is 1. The van der Waals surface area contributed by atoms with Crippen molar-refractivity contribution in [3.63, 3.8) is 0 Å². The van der Waals surface area contributed by atoms with Crippen molar-refractivity contribution in [2.24, 2.45) is 5.92 Å². The van der Waals surface area contributed by atoms with Gasteiger partial charge in [-0.3, -0.25) is 0 Å². The molecular formula is C13H22BrN3. The van der Waals surface area contributed by atoms with Crippen LogP contribution < -0.4 is 4.90 Å². The number of hydrogen-bond donors (Lipinski definition) is 0. The maximum atomic E-state index is 4.61. The largest absolute Gasteiger partial charge is 0.357 e. The van der Waals surface area contributed by atoms with Crippen molar-refractivity contribution >= 4 is 21.7 Å². The van der Waals surface area contributed by atoms with Crippen LogP contribution in [-0.2, 0) is 6.42 Å². The van der Waals surface area contributed by atoms with Gasteiger partial charge in [0.1, 0.15) is 16.2 Å². The molecule has 0 saturated carbocycles. The van der Waals surface area contributed by atoms with Crippen molar-refractivity contribution in [2.75, 3.05) is 11.9 Å². The predicted molar refractivity (Wildman–Crippen MR) is 76.4 cm³/mol. The van der Waals surface area contributed by atoms with Crippen LogP contribution in [0.15, 0.2) is 10.7 Å². The third-order valence-electron chi connectivity index (χ3n) is 3.14. The van der Waals surface area contributed by atoms with Gasteiger partial charge in [-0.05, 0) is 35.2 Å². The fourth-order valence-electron chi connectivity index (χ4n) is 1.62. The Hall–Kier alpha value is -0.640. The van der Waals surface area contributed by atoms with Crippen LogP contribution in [0.1, 0.15) is 39.9 Å². The zero-order valence-corrected chi connectivity index (χ0v) is 13.0. The first-order valence-corrected chi connectivity index (χ1v) is 7.01. The first-order chi connectivity index (χ1) is 7.95. The van der Waals surface area contributed by atoms with Crippen molar-refractivity contribution in [1.82, 2.24) is 9.97 Å². The summed E-state index contributed by atoms with van der Waals surface area (Å²) in [5, 5.41) is 0. The minimum atomic E-state index is 0.464. The molecule has 0 aromatic carbocycles. The van der Waals surface area contributed by atoms with Crippen molar-refractivity contribution in [2.45, 2.75) is 46.6 Å². The van der Waals surface area contributed by atoms with Crippen molar-refractivity contribution in [3.05, 3.63) is 16.5 Å². The average Bonchev–Trinajstić information content (AvgIpc) is 2.26. The minimum Gasteiger partial charge on any atom is -0.357 e. The molecule has 0 radical (unpaired) electrons. The van der Waals surface area contributed by atoms with Gasteiger partial charge in [0, 0.05) is 25.6 Å². The van der Waals surface area contributed by atoms with Crippen LogP contribution in [0.3, 0.4) is 0 Å². The third kappa shape index (κ3) is 3.95. The molecule has 1 unspecified atom stereocenters. The number of rotatable bonds is 5. The fraction of sp³-hybridized carbons (Fsp3) is 0.692. The Balaban J connectivity index is 2.96. The molecule has 1 aromatic rings. The molecule has 1 rings (SSSR count). The maximum Gasteiger partial charge on any atom is 0.133 e. The second-order valence-corrected chi connectivity index (χ2v) is 5.62. The van der Waals surface area contributed by atoms with E-state index in [4.69, 9.17) is 0 Å². The maximum absolute atomic E-state index is 4.61. The summed E-state index contributed by atoms with van der Waals surface area (Å²) in [4.78, 5) is 11.2. The Morgan fingerprint density at radius 2 is 1.94 bits per heavy atom. The van der Waals surface area contributed by atoms with Crippen molar-refractivity contribution in [1.29, 1.82) is 0 Å². The highest BCUT2D eigenvalue weighted by atomic mass is 79.9. The second-order valence-electron chi connectivity index (χ2n) is 4.81. The van der Waals surface area contributed by atoms with Crippen LogP contribution >= 0.6 is 15.9 Å². The van der Waals surface area contributed by atoms with E-state index < -0.39 is 0 Å². The molecule has 0 N–H and O–H groups in total. The first kappa shape index (κ1) is 14.4. The zero-order chi connectivity index (χ0) is 13.0. The molecule has 1 aromatic heterocycles. The molecule has 0 aliphatic heterocycles. The topological polar surface area (TPSA) is 29.0 Å². The number of nitrogens with zero attached hydrogens (tertiary/aromatic N) is 3. The Bertz CT molecular complexity index is 366. The lowest BCUT2D eigenvalue weighted by Crippen LogP contribution is -2.34. The molecule has 17 heavy (non-hydrogen) atoms.